The minimum atomic E-state index is 0.158. The summed E-state index contributed by atoms with van der Waals surface area (Å²) >= 11 is 0. The Balaban J connectivity index is 1.82. The van der Waals surface area contributed by atoms with Crippen LogP contribution in [-0.4, -0.2) is 40.0 Å². The lowest BCUT2D eigenvalue weighted by atomic mass is 9.90. The van der Waals surface area contributed by atoms with Crippen LogP contribution in [0.5, 0.6) is 0 Å². The van der Waals surface area contributed by atoms with E-state index in [1.807, 2.05) is 6.92 Å². The Bertz CT molecular complexity index is 471. The van der Waals surface area contributed by atoms with Gasteiger partial charge in [0.15, 0.2) is 0 Å². The molecule has 2 aliphatic rings. The summed E-state index contributed by atoms with van der Waals surface area (Å²) in [6, 6.07) is 3.71. The van der Waals surface area contributed by atoms with E-state index in [1.54, 1.807) is 0 Å². The molecule has 0 radical (unpaired) electrons. The molecule has 2 aliphatic heterocycles. The second-order valence-corrected chi connectivity index (χ2v) is 6.76. The van der Waals surface area contributed by atoms with Crippen LogP contribution in [-0.2, 0) is 6.42 Å². The number of hydrogen-bond donors (Lipinski definition) is 1. The first-order valence-electron chi connectivity index (χ1n) is 7.85. The van der Waals surface area contributed by atoms with Crippen molar-refractivity contribution in [2.75, 3.05) is 7.05 Å². The van der Waals surface area contributed by atoms with Gasteiger partial charge in [0.05, 0.1) is 0 Å². The highest BCUT2D eigenvalue weighted by molar-refractivity contribution is 5.15. The molecule has 2 fully saturated rings. The lowest BCUT2D eigenvalue weighted by Gasteiger charge is -2.35. The maximum absolute atomic E-state index is 5.91. The van der Waals surface area contributed by atoms with Crippen LogP contribution in [0.1, 0.15) is 55.7 Å². The fraction of sp³-hybridized carbons (Fsp3) is 0.750. The molecule has 3 heterocycles. The average molecular weight is 274 g/mol. The molecule has 0 aliphatic carbocycles. The van der Waals surface area contributed by atoms with Crippen molar-refractivity contribution in [2.45, 2.75) is 70.0 Å². The molecule has 3 unspecified atom stereocenters. The van der Waals surface area contributed by atoms with Crippen molar-refractivity contribution >= 4 is 0 Å². The Morgan fingerprint density at radius 2 is 1.95 bits per heavy atom. The van der Waals surface area contributed by atoms with E-state index in [0.717, 1.165) is 35.7 Å². The Morgan fingerprint density at radius 1 is 1.30 bits per heavy atom. The van der Waals surface area contributed by atoms with Gasteiger partial charge < -0.3 is 10.6 Å². The van der Waals surface area contributed by atoms with E-state index in [1.165, 1.54) is 25.7 Å². The lowest BCUT2D eigenvalue weighted by molar-refractivity contribution is 0.158. The molecule has 0 aromatic carbocycles. The molecule has 3 rings (SSSR count). The third-order valence-electron chi connectivity index (χ3n) is 4.92. The van der Waals surface area contributed by atoms with E-state index < -0.39 is 0 Å². The van der Waals surface area contributed by atoms with Crippen molar-refractivity contribution in [3.05, 3.63) is 23.3 Å². The van der Waals surface area contributed by atoms with Gasteiger partial charge in [-0.15, -0.1) is 0 Å². The van der Waals surface area contributed by atoms with Crippen molar-refractivity contribution in [3.8, 4) is 0 Å². The predicted molar refractivity (Wildman–Crippen MR) is 80.7 cm³/mol. The molecular weight excluding hydrogens is 248 g/mol. The van der Waals surface area contributed by atoms with Crippen LogP contribution in [0.25, 0.3) is 0 Å². The SMILES string of the molecule is Cc1cc(CC(C)N)nc(C2CC3CCC(C2)N3C)n1. The predicted octanol–water partition coefficient (Wildman–Crippen LogP) is 2.01. The minimum Gasteiger partial charge on any atom is -0.328 e. The fourth-order valence-electron chi connectivity index (χ4n) is 3.90. The second kappa shape index (κ2) is 5.41. The Kier molecular flexibility index (Phi) is 3.78. The Hall–Kier alpha value is -1.00. The third kappa shape index (κ3) is 2.72. The second-order valence-electron chi connectivity index (χ2n) is 6.76. The molecule has 0 spiro atoms. The van der Waals surface area contributed by atoms with E-state index in [0.29, 0.717) is 5.92 Å². The van der Waals surface area contributed by atoms with Crippen LogP contribution < -0.4 is 5.73 Å². The highest BCUT2D eigenvalue weighted by atomic mass is 15.2. The molecule has 0 saturated carbocycles. The molecule has 3 atom stereocenters. The number of aromatic nitrogens is 2. The van der Waals surface area contributed by atoms with Gasteiger partial charge in [-0.05, 0) is 52.6 Å². The first-order chi connectivity index (χ1) is 9.52. The molecule has 4 heteroatoms. The van der Waals surface area contributed by atoms with Gasteiger partial charge in [0, 0.05) is 41.9 Å². The number of rotatable bonds is 3. The summed E-state index contributed by atoms with van der Waals surface area (Å²) in [4.78, 5) is 12.1. The zero-order valence-electron chi connectivity index (χ0n) is 12.8. The normalized spacial score (nSPS) is 31.5. The minimum absolute atomic E-state index is 0.158. The fourth-order valence-corrected chi connectivity index (χ4v) is 3.90. The van der Waals surface area contributed by atoms with E-state index >= 15 is 0 Å². The number of aryl methyl sites for hydroxylation is 1. The van der Waals surface area contributed by atoms with E-state index in [9.17, 15) is 0 Å². The van der Waals surface area contributed by atoms with E-state index in [-0.39, 0.29) is 6.04 Å². The summed E-state index contributed by atoms with van der Waals surface area (Å²) in [7, 11) is 2.27. The topological polar surface area (TPSA) is 55.0 Å². The molecule has 2 saturated heterocycles. The van der Waals surface area contributed by atoms with Crippen LogP contribution >= 0.6 is 0 Å². The van der Waals surface area contributed by atoms with Crippen LogP contribution in [0, 0.1) is 6.92 Å². The molecular formula is C16H26N4. The maximum Gasteiger partial charge on any atom is 0.132 e. The Labute approximate surface area is 121 Å². The summed E-state index contributed by atoms with van der Waals surface area (Å²) in [5.41, 5.74) is 8.09. The van der Waals surface area contributed by atoms with Gasteiger partial charge in [0.25, 0.3) is 0 Å². The molecule has 2 bridgehead atoms. The number of nitrogens with zero attached hydrogens (tertiary/aromatic N) is 3. The van der Waals surface area contributed by atoms with Gasteiger partial charge >= 0.3 is 0 Å². The Morgan fingerprint density at radius 3 is 2.55 bits per heavy atom. The summed E-state index contributed by atoms with van der Waals surface area (Å²) < 4.78 is 0. The zero-order chi connectivity index (χ0) is 14.3. The first kappa shape index (κ1) is 14.0. The van der Waals surface area contributed by atoms with Gasteiger partial charge in [-0.2, -0.15) is 0 Å². The molecule has 110 valence electrons. The standard InChI is InChI=1S/C16H26N4/c1-10(17)6-13-7-11(2)18-16(19-13)12-8-14-4-5-15(9-12)20(14)3/h7,10,12,14-15H,4-6,8-9,17H2,1-3H3. The van der Waals surface area contributed by atoms with Crippen LogP contribution in [0.15, 0.2) is 6.07 Å². The van der Waals surface area contributed by atoms with Crippen LogP contribution in [0.2, 0.25) is 0 Å². The smallest absolute Gasteiger partial charge is 0.132 e. The quantitative estimate of drug-likeness (QED) is 0.916. The van der Waals surface area contributed by atoms with Crippen molar-refractivity contribution < 1.29 is 0 Å². The summed E-state index contributed by atoms with van der Waals surface area (Å²) in [6.45, 7) is 4.10. The van der Waals surface area contributed by atoms with Gasteiger partial charge in [-0.3, -0.25) is 0 Å². The number of fused-ring (bicyclic) bond motifs is 2. The van der Waals surface area contributed by atoms with E-state index in [4.69, 9.17) is 15.7 Å². The summed E-state index contributed by atoms with van der Waals surface area (Å²) in [6.07, 6.45) is 5.96. The van der Waals surface area contributed by atoms with E-state index in [2.05, 4.69) is 24.9 Å². The van der Waals surface area contributed by atoms with Crippen LogP contribution in [0.3, 0.4) is 0 Å². The molecule has 2 N–H and O–H groups in total. The lowest BCUT2D eigenvalue weighted by Crippen LogP contribution is -2.39. The molecule has 20 heavy (non-hydrogen) atoms. The van der Waals surface area contributed by atoms with Gasteiger partial charge in [0.2, 0.25) is 0 Å². The maximum atomic E-state index is 5.91. The average Bonchev–Trinajstić information content (AvgIpc) is 2.61. The van der Waals surface area contributed by atoms with Crippen molar-refractivity contribution in [2.24, 2.45) is 5.73 Å². The van der Waals surface area contributed by atoms with Gasteiger partial charge in [0.1, 0.15) is 5.82 Å². The van der Waals surface area contributed by atoms with Gasteiger partial charge in [-0.25, -0.2) is 9.97 Å². The largest absolute Gasteiger partial charge is 0.328 e. The molecule has 1 aromatic heterocycles. The molecule has 4 nitrogen and oxygen atoms in total. The summed E-state index contributed by atoms with van der Waals surface area (Å²) in [5, 5.41) is 0. The monoisotopic (exact) mass is 274 g/mol. The summed E-state index contributed by atoms with van der Waals surface area (Å²) in [5.74, 6) is 1.60. The van der Waals surface area contributed by atoms with Crippen molar-refractivity contribution in [1.82, 2.24) is 14.9 Å². The highest BCUT2D eigenvalue weighted by Crippen LogP contribution is 2.41. The first-order valence-corrected chi connectivity index (χ1v) is 7.85. The molecule has 0 amide bonds. The van der Waals surface area contributed by atoms with Crippen molar-refractivity contribution in [1.29, 1.82) is 0 Å². The molecule has 1 aromatic rings. The van der Waals surface area contributed by atoms with Gasteiger partial charge in [-0.1, -0.05) is 0 Å². The number of hydrogen-bond acceptors (Lipinski definition) is 4. The van der Waals surface area contributed by atoms with Crippen molar-refractivity contribution in [3.63, 3.8) is 0 Å². The highest BCUT2D eigenvalue weighted by Gasteiger charge is 2.39. The third-order valence-corrected chi connectivity index (χ3v) is 4.92. The zero-order valence-corrected chi connectivity index (χ0v) is 12.8. The van der Waals surface area contributed by atoms with Crippen LogP contribution in [0.4, 0.5) is 0 Å². The number of nitrogens with two attached hydrogens (primary N) is 1. The number of piperidine rings is 1.